The highest BCUT2D eigenvalue weighted by molar-refractivity contribution is 6.29. The molecule has 1 unspecified atom stereocenters. The van der Waals surface area contributed by atoms with E-state index >= 15 is 0 Å². The fraction of sp³-hybridized carbons (Fsp3) is 0.571. The van der Waals surface area contributed by atoms with Crippen molar-refractivity contribution in [3.05, 3.63) is 21.8 Å². The van der Waals surface area contributed by atoms with Gasteiger partial charge in [-0.05, 0) is 13.0 Å². The SMILES string of the molecule is O=c1[nH]cc(Cl)n1C1CCNC1. The number of hydrogen-bond acceptors (Lipinski definition) is 2. The van der Waals surface area contributed by atoms with Crippen molar-refractivity contribution in [3.63, 3.8) is 0 Å². The van der Waals surface area contributed by atoms with Crippen LogP contribution in [0.1, 0.15) is 12.5 Å². The molecule has 0 radical (unpaired) electrons. The smallest absolute Gasteiger partial charge is 0.315 e. The summed E-state index contributed by atoms with van der Waals surface area (Å²) in [6.45, 7) is 1.79. The zero-order valence-corrected chi connectivity index (χ0v) is 7.27. The van der Waals surface area contributed by atoms with Gasteiger partial charge in [-0.15, -0.1) is 0 Å². The summed E-state index contributed by atoms with van der Waals surface area (Å²) in [5.74, 6) is 0. The van der Waals surface area contributed by atoms with Crippen LogP contribution in [0.5, 0.6) is 0 Å². The summed E-state index contributed by atoms with van der Waals surface area (Å²) < 4.78 is 1.60. The summed E-state index contributed by atoms with van der Waals surface area (Å²) in [6, 6.07) is 0.219. The molecule has 1 aliphatic rings. The number of H-pyrrole nitrogens is 1. The monoisotopic (exact) mass is 187 g/mol. The predicted molar refractivity (Wildman–Crippen MR) is 46.6 cm³/mol. The van der Waals surface area contributed by atoms with Gasteiger partial charge in [-0.1, -0.05) is 11.6 Å². The average Bonchev–Trinajstić information content (AvgIpc) is 2.61. The maximum absolute atomic E-state index is 11.2. The van der Waals surface area contributed by atoms with E-state index in [4.69, 9.17) is 11.6 Å². The van der Waals surface area contributed by atoms with E-state index in [9.17, 15) is 4.79 Å². The van der Waals surface area contributed by atoms with Gasteiger partial charge >= 0.3 is 5.69 Å². The molecular weight excluding hydrogens is 178 g/mol. The maximum atomic E-state index is 11.2. The van der Waals surface area contributed by atoms with Crippen LogP contribution in [0.2, 0.25) is 5.15 Å². The second kappa shape index (κ2) is 2.95. The molecule has 5 heteroatoms. The Morgan fingerprint density at radius 1 is 1.67 bits per heavy atom. The first kappa shape index (κ1) is 7.89. The number of rotatable bonds is 1. The van der Waals surface area contributed by atoms with Crippen LogP contribution in [0.3, 0.4) is 0 Å². The van der Waals surface area contributed by atoms with Crippen LogP contribution in [0.25, 0.3) is 0 Å². The van der Waals surface area contributed by atoms with Crippen LogP contribution in [-0.4, -0.2) is 22.6 Å². The van der Waals surface area contributed by atoms with E-state index in [1.54, 1.807) is 4.57 Å². The lowest BCUT2D eigenvalue weighted by Gasteiger charge is -2.09. The van der Waals surface area contributed by atoms with Crippen LogP contribution in [0.4, 0.5) is 0 Å². The Bertz CT molecular complexity index is 324. The van der Waals surface area contributed by atoms with Crippen molar-refractivity contribution in [1.82, 2.24) is 14.9 Å². The second-order valence-electron chi connectivity index (χ2n) is 2.93. The van der Waals surface area contributed by atoms with E-state index in [-0.39, 0.29) is 11.7 Å². The van der Waals surface area contributed by atoms with Gasteiger partial charge in [0.05, 0.1) is 6.04 Å². The molecule has 0 aromatic carbocycles. The first-order chi connectivity index (χ1) is 5.79. The minimum atomic E-state index is -0.117. The van der Waals surface area contributed by atoms with Crippen LogP contribution < -0.4 is 11.0 Å². The summed E-state index contributed by atoms with van der Waals surface area (Å²) in [5.41, 5.74) is -0.117. The Morgan fingerprint density at radius 3 is 3.00 bits per heavy atom. The first-order valence-corrected chi connectivity index (χ1v) is 4.33. The van der Waals surface area contributed by atoms with E-state index in [0.717, 1.165) is 19.5 Å². The lowest BCUT2D eigenvalue weighted by molar-refractivity contribution is 0.531. The van der Waals surface area contributed by atoms with E-state index in [1.807, 2.05) is 0 Å². The zero-order chi connectivity index (χ0) is 8.55. The predicted octanol–water partition coefficient (Wildman–Crippen LogP) is 0.364. The molecule has 1 fully saturated rings. The maximum Gasteiger partial charge on any atom is 0.326 e. The van der Waals surface area contributed by atoms with Gasteiger partial charge in [0, 0.05) is 12.7 Å². The topological polar surface area (TPSA) is 49.8 Å². The third-order valence-electron chi connectivity index (χ3n) is 2.16. The number of nitrogens with one attached hydrogen (secondary N) is 2. The fourth-order valence-corrected chi connectivity index (χ4v) is 1.83. The molecule has 1 atom stereocenters. The Hall–Kier alpha value is -0.740. The molecule has 0 saturated carbocycles. The third kappa shape index (κ3) is 1.17. The summed E-state index contributed by atoms with van der Waals surface area (Å²) in [7, 11) is 0. The molecule has 0 aliphatic carbocycles. The lowest BCUT2D eigenvalue weighted by Crippen LogP contribution is -2.24. The molecule has 1 saturated heterocycles. The van der Waals surface area contributed by atoms with E-state index in [2.05, 4.69) is 10.3 Å². The van der Waals surface area contributed by atoms with Gasteiger partial charge in [-0.3, -0.25) is 4.57 Å². The summed E-state index contributed by atoms with van der Waals surface area (Å²) in [5, 5.41) is 3.68. The van der Waals surface area contributed by atoms with Gasteiger partial charge in [0.1, 0.15) is 5.15 Å². The number of imidazole rings is 1. The zero-order valence-electron chi connectivity index (χ0n) is 6.51. The highest BCUT2D eigenvalue weighted by Gasteiger charge is 2.19. The van der Waals surface area contributed by atoms with Crippen LogP contribution in [0, 0.1) is 0 Å². The van der Waals surface area contributed by atoms with Gasteiger partial charge < -0.3 is 10.3 Å². The van der Waals surface area contributed by atoms with Crippen molar-refractivity contribution in [2.45, 2.75) is 12.5 Å². The molecule has 0 bridgehead atoms. The number of nitrogens with zero attached hydrogens (tertiary/aromatic N) is 1. The Labute approximate surface area is 74.5 Å². The van der Waals surface area contributed by atoms with Gasteiger partial charge in [0.25, 0.3) is 0 Å². The minimum absolute atomic E-state index is 0.117. The Kier molecular flexibility index (Phi) is 1.94. The van der Waals surface area contributed by atoms with Crippen molar-refractivity contribution in [2.75, 3.05) is 13.1 Å². The molecule has 66 valence electrons. The molecule has 12 heavy (non-hydrogen) atoms. The van der Waals surface area contributed by atoms with Crippen molar-refractivity contribution in [1.29, 1.82) is 0 Å². The molecule has 4 nitrogen and oxygen atoms in total. The molecule has 2 N–H and O–H groups in total. The summed E-state index contributed by atoms with van der Waals surface area (Å²) >= 11 is 5.83. The number of halogens is 1. The van der Waals surface area contributed by atoms with Gasteiger partial charge in [-0.2, -0.15) is 0 Å². The summed E-state index contributed by atoms with van der Waals surface area (Å²) in [4.78, 5) is 13.8. The Balaban J connectivity index is 2.37. The average molecular weight is 188 g/mol. The van der Waals surface area contributed by atoms with E-state index in [0.29, 0.717) is 5.15 Å². The lowest BCUT2D eigenvalue weighted by atomic mass is 10.3. The minimum Gasteiger partial charge on any atom is -0.315 e. The fourth-order valence-electron chi connectivity index (χ4n) is 1.56. The quantitative estimate of drug-likeness (QED) is 0.667. The van der Waals surface area contributed by atoms with Crippen molar-refractivity contribution >= 4 is 11.6 Å². The van der Waals surface area contributed by atoms with Crippen LogP contribution >= 0.6 is 11.6 Å². The second-order valence-corrected chi connectivity index (χ2v) is 3.32. The number of hydrogen-bond donors (Lipinski definition) is 2. The first-order valence-electron chi connectivity index (χ1n) is 3.95. The van der Waals surface area contributed by atoms with Crippen molar-refractivity contribution in [2.24, 2.45) is 0 Å². The van der Waals surface area contributed by atoms with E-state index < -0.39 is 0 Å². The summed E-state index contributed by atoms with van der Waals surface area (Å²) in [6.07, 6.45) is 2.50. The molecular formula is C7H10ClN3O. The molecule has 2 heterocycles. The van der Waals surface area contributed by atoms with Gasteiger partial charge in [0.2, 0.25) is 0 Å². The molecule has 1 aromatic heterocycles. The normalized spacial score (nSPS) is 23.2. The van der Waals surface area contributed by atoms with Gasteiger partial charge in [0.15, 0.2) is 0 Å². The van der Waals surface area contributed by atoms with Crippen LogP contribution in [-0.2, 0) is 0 Å². The van der Waals surface area contributed by atoms with Crippen molar-refractivity contribution < 1.29 is 0 Å². The van der Waals surface area contributed by atoms with Crippen LogP contribution in [0.15, 0.2) is 11.0 Å². The number of aromatic amines is 1. The van der Waals surface area contributed by atoms with E-state index in [1.165, 1.54) is 6.20 Å². The highest BCUT2D eigenvalue weighted by atomic mass is 35.5. The highest BCUT2D eigenvalue weighted by Crippen LogP contribution is 2.17. The number of aromatic nitrogens is 2. The third-order valence-corrected chi connectivity index (χ3v) is 2.45. The van der Waals surface area contributed by atoms with Crippen molar-refractivity contribution in [3.8, 4) is 0 Å². The molecule has 1 aromatic rings. The standard InChI is InChI=1S/C7H10ClN3O/c8-6-4-10-7(12)11(6)5-1-2-9-3-5/h4-5,9H,1-3H2,(H,10,12). The molecule has 1 aliphatic heterocycles. The Morgan fingerprint density at radius 2 is 2.50 bits per heavy atom. The molecule has 0 amide bonds. The molecule has 0 spiro atoms. The molecule has 2 rings (SSSR count). The largest absolute Gasteiger partial charge is 0.326 e. The van der Waals surface area contributed by atoms with Gasteiger partial charge in [-0.25, -0.2) is 4.79 Å².